The van der Waals surface area contributed by atoms with Gasteiger partial charge in [-0.15, -0.1) is 0 Å². The summed E-state index contributed by atoms with van der Waals surface area (Å²) in [4.78, 5) is 4.30. The van der Waals surface area contributed by atoms with Gasteiger partial charge in [0.2, 0.25) is 0 Å². The van der Waals surface area contributed by atoms with E-state index >= 15 is 0 Å². The van der Waals surface area contributed by atoms with Crippen molar-refractivity contribution in [3.05, 3.63) is 36.0 Å². The van der Waals surface area contributed by atoms with Gasteiger partial charge in [0, 0.05) is 11.6 Å². The summed E-state index contributed by atoms with van der Waals surface area (Å²) in [5.41, 5.74) is 7.17. The highest BCUT2D eigenvalue weighted by atomic mass is 16.5. The van der Waals surface area contributed by atoms with Crippen molar-refractivity contribution in [1.29, 1.82) is 5.26 Å². The molecule has 0 radical (unpaired) electrons. The van der Waals surface area contributed by atoms with Gasteiger partial charge >= 0.3 is 0 Å². The Labute approximate surface area is 124 Å². The summed E-state index contributed by atoms with van der Waals surface area (Å²) in [6.07, 6.45) is 5.16. The molecule has 1 heterocycles. The average Bonchev–Trinajstić information content (AvgIpc) is 2.99. The Kier molecular flexibility index (Phi) is 4.03. The molecule has 21 heavy (non-hydrogen) atoms. The van der Waals surface area contributed by atoms with Gasteiger partial charge in [0.15, 0.2) is 0 Å². The van der Waals surface area contributed by atoms with Crippen LogP contribution in [0.3, 0.4) is 0 Å². The molecule has 2 N–H and O–H groups in total. The molecule has 1 saturated carbocycles. The first-order valence-corrected chi connectivity index (χ1v) is 7.44. The molecule has 2 aromatic rings. The second-order valence-corrected chi connectivity index (χ2v) is 5.63. The van der Waals surface area contributed by atoms with Crippen molar-refractivity contribution >= 4 is 10.9 Å². The van der Waals surface area contributed by atoms with E-state index in [1.54, 1.807) is 6.20 Å². The molecule has 2 unspecified atom stereocenters. The van der Waals surface area contributed by atoms with Gasteiger partial charge in [-0.3, -0.25) is 4.98 Å². The van der Waals surface area contributed by atoms with E-state index in [9.17, 15) is 5.26 Å². The molecule has 1 aromatic heterocycles. The lowest BCUT2D eigenvalue weighted by atomic mass is 9.97. The first-order valence-electron chi connectivity index (χ1n) is 7.44. The van der Waals surface area contributed by atoms with Gasteiger partial charge in [-0.1, -0.05) is 18.6 Å². The zero-order valence-electron chi connectivity index (χ0n) is 12.0. The van der Waals surface area contributed by atoms with Gasteiger partial charge in [0.05, 0.1) is 12.1 Å². The lowest BCUT2D eigenvalue weighted by Crippen LogP contribution is -2.23. The van der Waals surface area contributed by atoms with Crippen LogP contribution in [-0.2, 0) is 0 Å². The second kappa shape index (κ2) is 6.11. The summed E-state index contributed by atoms with van der Waals surface area (Å²) in [7, 11) is 0. The quantitative estimate of drug-likeness (QED) is 0.935. The maximum Gasteiger partial charge on any atom is 0.148 e. The third-order valence-electron chi connectivity index (χ3n) is 4.41. The van der Waals surface area contributed by atoms with Crippen LogP contribution in [-0.4, -0.2) is 18.1 Å². The minimum atomic E-state index is 0.494. The number of aromatic nitrogens is 1. The van der Waals surface area contributed by atoms with Crippen molar-refractivity contribution in [3.8, 4) is 11.8 Å². The maximum absolute atomic E-state index is 9.28. The molecule has 1 aliphatic rings. The van der Waals surface area contributed by atoms with E-state index in [1.807, 2.05) is 24.3 Å². The first kappa shape index (κ1) is 13.8. The number of rotatable bonds is 4. The summed E-state index contributed by atoms with van der Waals surface area (Å²) >= 11 is 0. The monoisotopic (exact) mass is 281 g/mol. The molecule has 4 nitrogen and oxygen atoms in total. The summed E-state index contributed by atoms with van der Waals surface area (Å²) in [6, 6.07) is 9.94. The minimum absolute atomic E-state index is 0.494. The predicted molar refractivity (Wildman–Crippen MR) is 81.8 cm³/mol. The van der Waals surface area contributed by atoms with Crippen LogP contribution in [0.5, 0.6) is 5.75 Å². The van der Waals surface area contributed by atoms with Crippen molar-refractivity contribution in [3.63, 3.8) is 0 Å². The van der Waals surface area contributed by atoms with Crippen LogP contribution >= 0.6 is 0 Å². The van der Waals surface area contributed by atoms with Crippen LogP contribution in [0, 0.1) is 23.2 Å². The van der Waals surface area contributed by atoms with Crippen molar-refractivity contribution in [2.75, 3.05) is 13.2 Å². The van der Waals surface area contributed by atoms with E-state index in [0.717, 1.165) is 23.9 Å². The number of hydrogen-bond acceptors (Lipinski definition) is 4. The predicted octanol–water partition coefficient (Wildman–Crippen LogP) is 2.86. The SMILES string of the molecule is N#Cc1cnc2ccccc2c1OCC1CCCC1CN. The fraction of sp³-hybridized carbons (Fsp3) is 0.412. The number of nitrogens with zero attached hydrogens (tertiary/aromatic N) is 2. The Balaban J connectivity index is 1.87. The molecule has 0 saturated heterocycles. The third kappa shape index (κ3) is 2.70. The van der Waals surface area contributed by atoms with Gasteiger partial charge in [0.25, 0.3) is 0 Å². The highest BCUT2D eigenvalue weighted by Gasteiger charge is 2.27. The van der Waals surface area contributed by atoms with E-state index in [1.165, 1.54) is 12.8 Å². The Hall–Kier alpha value is -2.12. The molecule has 4 heteroatoms. The van der Waals surface area contributed by atoms with Crippen molar-refractivity contribution in [2.24, 2.45) is 17.6 Å². The van der Waals surface area contributed by atoms with E-state index in [2.05, 4.69) is 11.1 Å². The number of hydrogen-bond donors (Lipinski definition) is 1. The largest absolute Gasteiger partial charge is 0.491 e. The van der Waals surface area contributed by atoms with Crippen molar-refractivity contribution in [2.45, 2.75) is 19.3 Å². The number of nitriles is 1. The van der Waals surface area contributed by atoms with Crippen LogP contribution < -0.4 is 10.5 Å². The highest BCUT2D eigenvalue weighted by Crippen LogP contribution is 2.33. The molecule has 3 rings (SSSR count). The molecular formula is C17H19N3O. The molecule has 0 aliphatic heterocycles. The van der Waals surface area contributed by atoms with Gasteiger partial charge < -0.3 is 10.5 Å². The van der Waals surface area contributed by atoms with Gasteiger partial charge in [-0.25, -0.2) is 0 Å². The van der Waals surface area contributed by atoms with Gasteiger partial charge in [-0.05, 0) is 43.4 Å². The Bertz CT molecular complexity index is 677. The lowest BCUT2D eigenvalue weighted by Gasteiger charge is -2.19. The van der Waals surface area contributed by atoms with Crippen LogP contribution in [0.4, 0.5) is 0 Å². The topological polar surface area (TPSA) is 71.9 Å². The Morgan fingerprint density at radius 1 is 1.29 bits per heavy atom. The maximum atomic E-state index is 9.28. The summed E-state index contributed by atoms with van der Waals surface area (Å²) < 4.78 is 6.04. The zero-order valence-corrected chi connectivity index (χ0v) is 12.0. The summed E-state index contributed by atoms with van der Waals surface area (Å²) in [5.74, 6) is 1.70. The van der Waals surface area contributed by atoms with Crippen LogP contribution in [0.2, 0.25) is 0 Å². The zero-order chi connectivity index (χ0) is 14.7. The number of nitrogens with two attached hydrogens (primary N) is 1. The van der Waals surface area contributed by atoms with Gasteiger partial charge in [-0.2, -0.15) is 5.26 Å². The third-order valence-corrected chi connectivity index (χ3v) is 4.41. The molecule has 2 atom stereocenters. The normalized spacial score (nSPS) is 21.3. The molecule has 1 aromatic carbocycles. The number of fused-ring (bicyclic) bond motifs is 1. The van der Waals surface area contributed by atoms with Crippen LogP contribution in [0.25, 0.3) is 10.9 Å². The van der Waals surface area contributed by atoms with E-state index in [4.69, 9.17) is 10.5 Å². The molecule has 0 bridgehead atoms. The summed E-state index contributed by atoms with van der Waals surface area (Å²) in [6.45, 7) is 1.35. The van der Waals surface area contributed by atoms with E-state index in [0.29, 0.717) is 29.8 Å². The van der Waals surface area contributed by atoms with E-state index < -0.39 is 0 Å². The molecular weight excluding hydrogens is 262 g/mol. The fourth-order valence-corrected chi connectivity index (χ4v) is 3.18. The first-order chi connectivity index (χ1) is 10.3. The average molecular weight is 281 g/mol. The standard InChI is InChI=1S/C17H19N3O/c18-8-12-4-3-5-13(12)11-21-17-14(9-19)10-20-16-7-2-1-6-15(16)17/h1-2,6-7,10,12-13H,3-5,8,11,18H2. The number of benzene rings is 1. The van der Waals surface area contributed by atoms with Crippen molar-refractivity contribution in [1.82, 2.24) is 4.98 Å². The Morgan fingerprint density at radius 2 is 2.10 bits per heavy atom. The van der Waals surface area contributed by atoms with E-state index in [-0.39, 0.29) is 0 Å². The molecule has 0 spiro atoms. The molecule has 108 valence electrons. The lowest BCUT2D eigenvalue weighted by molar-refractivity contribution is 0.218. The molecule has 1 aliphatic carbocycles. The minimum Gasteiger partial charge on any atom is -0.491 e. The fourth-order valence-electron chi connectivity index (χ4n) is 3.18. The van der Waals surface area contributed by atoms with Crippen molar-refractivity contribution < 1.29 is 4.74 Å². The molecule has 0 amide bonds. The van der Waals surface area contributed by atoms with Crippen LogP contribution in [0.15, 0.2) is 30.5 Å². The summed E-state index contributed by atoms with van der Waals surface area (Å²) in [5, 5.41) is 10.2. The Morgan fingerprint density at radius 3 is 2.90 bits per heavy atom. The number of ether oxygens (including phenoxy) is 1. The second-order valence-electron chi connectivity index (χ2n) is 5.63. The number of pyridine rings is 1. The number of para-hydroxylation sites is 1. The molecule has 1 fully saturated rings. The smallest absolute Gasteiger partial charge is 0.148 e. The highest BCUT2D eigenvalue weighted by molar-refractivity contribution is 5.87. The van der Waals surface area contributed by atoms with Gasteiger partial charge in [0.1, 0.15) is 17.4 Å². The van der Waals surface area contributed by atoms with Crippen LogP contribution in [0.1, 0.15) is 24.8 Å².